The molecule has 0 aliphatic rings. The normalized spacial score (nSPS) is 11.4. The van der Waals surface area contributed by atoms with Crippen LogP contribution in [-0.2, 0) is 11.8 Å². The molecule has 0 aliphatic heterocycles. The van der Waals surface area contributed by atoms with Crippen LogP contribution < -0.4 is 5.32 Å². The zero-order chi connectivity index (χ0) is 15.5. The van der Waals surface area contributed by atoms with E-state index in [1.54, 1.807) is 18.3 Å². The molecule has 112 valence electrons. The van der Waals surface area contributed by atoms with Crippen LogP contribution in [0.5, 0.6) is 11.5 Å². The maximum Gasteiger partial charge on any atom is 0.157 e. The van der Waals surface area contributed by atoms with Crippen LogP contribution in [0.1, 0.15) is 32.2 Å². The number of rotatable bonds is 4. The van der Waals surface area contributed by atoms with Crippen LogP contribution >= 0.6 is 0 Å². The number of aromatic hydroxyl groups is 2. The van der Waals surface area contributed by atoms with Gasteiger partial charge in [-0.25, -0.2) is 9.97 Å². The van der Waals surface area contributed by atoms with Gasteiger partial charge in [0.2, 0.25) is 0 Å². The van der Waals surface area contributed by atoms with E-state index >= 15 is 0 Å². The molecule has 0 unspecified atom stereocenters. The Labute approximate surface area is 124 Å². The van der Waals surface area contributed by atoms with Crippen molar-refractivity contribution in [3.63, 3.8) is 0 Å². The highest BCUT2D eigenvalue weighted by molar-refractivity contribution is 5.41. The lowest BCUT2D eigenvalue weighted by molar-refractivity contribution is 0.403. The van der Waals surface area contributed by atoms with E-state index in [9.17, 15) is 10.2 Å². The summed E-state index contributed by atoms with van der Waals surface area (Å²) >= 11 is 0. The number of phenolic OH excluding ortho intramolecular Hbond substituents is 2. The minimum Gasteiger partial charge on any atom is -0.504 e. The van der Waals surface area contributed by atoms with Crippen LogP contribution in [-0.4, -0.2) is 26.7 Å². The van der Waals surface area contributed by atoms with E-state index in [2.05, 4.69) is 36.1 Å². The Bertz CT molecular complexity index is 621. The molecule has 0 radical (unpaired) electrons. The Kier molecular flexibility index (Phi) is 4.31. The van der Waals surface area contributed by atoms with Crippen molar-refractivity contribution in [2.24, 2.45) is 0 Å². The molecule has 3 N–H and O–H groups in total. The molecule has 5 heteroatoms. The van der Waals surface area contributed by atoms with Crippen molar-refractivity contribution in [3.8, 4) is 11.5 Å². The molecule has 0 bridgehead atoms. The van der Waals surface area contributed by atoms with Crippen LogP contribution in [0.15, 0.2) is 30.5 Å². The average molecular weight is 287 g/mol. The van der Waals surface area contributed by atoms with Gasteiger partial charge in [0.1, 0.15) is 11.6 Å². The molecule has 0 aliphatic carbocycles. The summed E-state index contributed by atoms with van der Waals surface area (Å²) in [4.78, 5) is 8.78. The van der Waals surface area contributed by atoms with E-state index in [-0.39, 0.29) is 16.9 Å². The standard InChI is InChI=1S/C16H21N3O2/c1-16(2,3)15-18-9-7-14(19-15)17-8-6-11-4-5-12(20)13(21)10-11/h4-5,7,9-10,20-21H,6,8H2,1-3H3,(H,17,18,19). The Hall–Kier alpha value is -2.30. The third-order valence-corrected chi connectivity index (χ3v) is 3.09. The molecule has 2 rings (SSSR count). The minimum absolute atomic E-state index is 0.0829. The van der Waals surface area contributed by atoms with E-state index < -0.39 is 0 Å². The molecule has 5 nitrogen and oxygen atoms in total. The summed E-state index contributed by atoms with van der Waals surface area (Å²) in [5.41, 5.74) is 0.864. The molecule has 1 aromatic carbocycles. The summed E-state index contributed by atoms with van der Waals surface area (Å²) in [6.45, 7) is 6.91. The van der Waals surface area contributed by atoms with Crippen molar-refractivity contribution in [2.45, 2.75) is 32.6 Å². The van der Waals surface area contributed by atoms with Crippen molar-refractivity contribution in [3.05, 3.63) is 41.9 Å². The number of hydrogen-bond donors (Lipinski definition) is 3. The van der Waals surface area contributed by atoms with E-state index in [0.29, 0.717) is 6.54 Å². The second kappa shape index (κ2) is 5.99. The minimum atomic E-state index is -0.0997. The third kappa shape index (κ3) is 4.08. The van der Waals surface area contributed by atoms with Crippen molar-refractivity contribution in [1.82, 2.24) is 9.97 Å². The second-order valence-corrected chi connectivity index (χ2v) is 6.02. The zero-order valence-electron chi connectivity index (χ0n) is 12.6. The molecular formula is C16H21N3O2. The topological polar surface area (TPSA) is 78.3 Å². The van der Waals surface area contributed by atoms with Crippen LogP contribution in [0.25, 0.3) is 0 Å². The summed E-state index contributed by atoms with van der Waals surface area (Å²) in [5.74, 6) is 1.40. The first-order chi connectivity index (χ1) is 9.86. The fourth-order valence-electron chi connectivity index (χ4n) is 1.88. The largest absolute Gasteiger partial charge is 0.504 e. The molecule has 0 saturated heterocycles. The number of aromatic nitrogens is 2. The van der Waals surface area contributed by atoms with E-state index in [4.69, 9.17) is 0 Å². The molecule has 1 aromatic heterocycles. The first-order valence-electron chi connectivity index (χ1n) is 6.94. The Morgan fingerprint density at radius 1 is 1.10 bits per heavy atom. The average Bonchev–Trinajstić information content (AvgIpc) is 2.42. The Balaban J connectivity index is 1.96. The maximum absolute atomic E-state index is 9.45. The fourth-order valence-corrected chi connectivity index (χ4v) is 1.88. The van der Waals surface area contributed by atoms with Gasteiger partial charge in [0.05, 0.1) is 0 Å². The molecular weight excluding hydrogens is 266 g/mol. The molecule has 0 amide bonds. The van der Waals surface area contributed by atoms with Gasteiger partial charge in [0.25, 0.3) is 0 Å². The molecule has 1 heterocycles. The number of anilines is 1. The first-order valence-corrected chi connectivity index (χ1v) is 6.94. The lowest BCUT2D eigenvalue weighted by Crippen LogP contribution is -2.17. The highest BCUT2D eigenvalue weighted by atomic mass is 16.3. The van der Waals surface area contributed by atoms with Crippen LogP contribution in [0.3, 0.4) is 0 Å². The first kappa shape index (κ1) is 15.1. The van der Waals surface area contributed by atoms with Gasteiger partial charge in [-0.15, -0.1) is 0 Å². The van der Waals surface area contributed by atoms with Crippen molar-refractivity contribution in [2.75, 3.05) is 11.9 Å². The highest BCUT2D eigenvalue weighted by Crippen LogP contribution is 2.25. The second-order valence-electron chi connectivity index (χ2n) is 6.02. The van der Waals surface area contributed by atoms with Crippen LogP contribution in [0.4, 0.5) is 5.82 Å². The summed E-state index contributed by atoms with van der Waals surface area (Å²) < 4.78 is 0. The molecule has 0 saturated carbocycles. The summed E-state index contributed by atoms with van der Waals surface area (Å²) in [6.07, 6.45) is 2.48. The van der Waals surface area contributed by atoms with Gasteiger partial charge in [-0.1, -0.05) is 26.8 Å². The van der Waals surface area contributed by atoms with Gasteiger partial charge in [0.15, 0.2) is 11.5 Å². The maximum atomic E-state index is 9.45. The predicted octanol–water partition coefficient (Wildman–Crippen LogP) is 2.84. The van der Waals surface area contributed by atoms with Gasteiger partial charge in [-0.3, -0.25) is 0 Å². The van der Waals surface area contributed by atoms with Gasteiger partial charge in [-0.2, -0.15) is 0 Å². The van der Waals surface area contributed by atoms with Gasteiger partial charge in [-0.05, 0) is 30.2 Å². The molecule has 0 atom stereocenters. The highest BCUT2D eigenvalue weighted by Gasteiger charge is 2.17. The van der Waals surface area contributed by atoms with E-state index in [1.165, 1.54) is 6.07 Å². The lowest BCUT2D eigenvalue weighted by Gasteiger charge is -2.17. The van der Waals surface area contributed by atoms with Crippen molar-refractivity contribution in [1.29, 1.82) is 0 Å². The lowest BCUT2D eigenvalue weighted by atomic mass is 9.96. The number of nitrogens with zero attached hydrogens (tertiary/aromatic N) is 2. The van der Waals surface area contributed by atoms with E-state index in [0.717, 1.165) is 23.6 Å². The smallest absolute Gasteiger partial charge is 0.157 e. The van der Waals surface area contributed by atoms with E-state index in [1.807, 2.05) is 6.07 Å². The van der Waals surface area contributed by atoms with Gasteiger partial charge in [0, 0.05) is 18.2 Å². The van der Waals surface area contributed by atoms with Crippen molar-refractivity contribution >= 4 is 5.82 Å². The molecule has 21 heavy (non-hydrogen) atoms. The number of nitrogens with one attached hydrogen (secondary N) is 1. The Morgan fingerprint density at radius 2 is 1.86 bits per heavy atom. The molecule has 0 fully saturated rings. The summed E-state index contributed by atoms with van der Waals surface area (Å²) in [7, 11) is 0. The quantitative estimate of drug-likeness (QED) is 0.754. The molecule has 2 aromatic rings. The fraction of sp³-hybridized carbons (Fsp3) is 0.375. The zero-order valence-corrected chi connectivity index (χ0v) is 12.6. The summed E-state index contributed by atoms with van der Waals surface area (Å²) in [5, 5.41) is 22.0. The number of hydrogen-bond acceptors (Lipinski definition) is 5. The number of phenols is 2. The van der Waals surface area contributed by atoms with Crippen molar-refractivity contribution < 1.29 is 10.2 Å². The number of benzene rings is 1. The van der Waals surface area contributed by atoms with Crippen LogP contribution in [0, 0.1) is 0 Å². The van der Waals surface area contributed by atoms with Gasteiger partial charge >= 0.3 is 0 Å². The summed E-state index contributed by atoms with van der Waals surface area (Å²) in [6, 6.07) is 6.69. The monoisotopic (exact) mass is 287 g/mol. The third-order valence-electron chi connectivity index (χ3n) is 3.09. The van der Waals surface area contributed by atoms with Crippen LogP contribution in [0.2, 0.25) is 0 Å². The molecule has 0 spiro atoms. The predicted molar refractivity (Wildman–Crippen MR) is 82.7 cm³/mol. The SMILES string of the molecule is CC(C)(C)c1nccc(NCCc2ccc(O)c(O)c2)n1. The van der Waals surface area contributed by atoms with Gasteiger partial charge < -0.3 is 15.5 Å². The Morgan fingerprint density at radius 3 is 2.52 bits per heavy atom.